The molecule has 1 saturated heterocycles. The molecular weight excluding hydrogens is 228 g/mol. The van der Waals surface area contributed by atoms with Gasteiger partial charge in [0.2, 0.25) is 11.8 Å². The standard InChI is InChI=1S/C14H18N2O2/c15-10-12(11-6-2-1-3-7-11)16-13(17)8-4-5-9-14(16)18/h1-3,6-7,12H,4-5,8-10,15H2. The Morgan fingerprint density at radius 3 is 2.11 bits per heavy atom. The van der Waals surface area contributed by atoms with Crippen molar-refractivity contribution in [3.63, 3.8) is 0 Å². The van der Waals surface area contributed by atoms with E-state index in [1.165, 1.54) is 4.90 Å². The number of nitrogens with zero attached hydrogens (tertiary/aromatic N) is 1. The van der Waals surface area contributed by atoms with Gasteiger partial charge in [0.1, 0.15) is 0 Å². The highest BCUT2D eigenvalue weighted by atomic mass is 16.2. The van der Waals surface area contributed by atoms with E-state index >= 15 is 0 Å². The number of likely N-dealkylation sites (tertiary alicyclic amines) is 1. The van der Waals surface area contributed by atoms with Gasteiger partial charge < -0.3 is 5.73 Å². The molecule has 1 aliphatic rings. The van der Waals surface area contributed by atoms with Crippen molar-refractivity contribution in [2.24, 2.45) is 5.73 Å². The van der Waals surface area contributed by atoms with Crippen molar-refractivity contribution >= 4 is 11.8 Å². The first-order valence-corrected chi connectivity index (χ1v) is 6.34. The number of carbonyl (C=O) groups excluding carboxylic acids is 2. The second kappa shape index (κ2) is 5.78. The summed E-state index contributed by atoms with van der Waals surface area (Å²) in [6.45, 7) is 0.265. The van der Waals surface area contributed by atoms with Crippen LogP contribution in [0.4, 0.5) is 0 Å². The van der Waals surface area contributed by atoms with Gasteiger partial charge in [-0.05, 0) is 18.4 Å². The Hall–Kier alpha value is -1.68. The van der Waals surface area contributed by atoms with Crippen LogP contribution in [0.25, 0.3) is 0 Å². The highest BCUT2D eigenvalue weighted by Crippen LogP contribution is 2.24. The molecule has 2 N–H and O–H groups in total. The van der Waals surface area contributed by atoms with Crippen LogP contribution in [0.1, 0.15) is 37.3 Å². The minimum atomic E-state index is -0.329. The maximum absolute atomic E-state index is 12.0. The molecule has 0 aliphatic carbocycles. The summed E-state index contributed by atoms with van der Waals surface area (Å²) >= 11 is 0. The van der Waals surface area contributed by atoms with E-state index in [0.717, 1.165) is 18.4 Å². The van der Waals surface area contributed by atoms with Crippen LogP contribution < -0.4 is 5.73 Å². The molecule has 4 heteroatoms. The van der Waals surface area contributed by atoms with E-state index in [2.05, 4.69) is 0 Å². The number of carbonyl (C=O) groups is 2. The number of nitrogens with two attached hydrogens (primary N) is 1. The fraction of sp³-hybridized carbons (Fsp3) is 0.429. The zero-order valence-electron chi connectivity index (χ0n) is 10.3. The van der Waals surface area contributed by atoms with Crippen LogP contribution in [0.3, 0.4) is 0 Å². The SMILES string of the molecule is NCC(c1ccccc1)N1C(=O)CCCCC1=O. The summed E-state index contributed by atoms with van der Waals surface area (Å²) in [6.07, 6.45) is 2.45. The normalized spacial score (nSPS) is 18.6. The minimum Gasteiger partial charge on any atom is -0.328 e. The Balaban J connectivity index is 2.30. The number of hydrogen-bond acceptors (Lipinski definition) is 3. The van der Waals surface area contributed by atoms with Gasteiger partial charge >= 0.3 is 0 Å². The number of amides is 2. The van der Waals surface area contributed by atoms with Crippen LogP contribution in [0.2, 0.25) is 0 Å². The van der Waals surface area contributed by atoms with E-state index in [9.17, 15) is 9.59 Å². The lowest BCUT2D eigenvalue weighted by molar-refractivity contribution is -0.146. The van der Waals surface area contributed by atoms with E-state index < -0.39 is 0 Å². The third kappa shape index (κ3) is 2.59. The van der Waals surface area contributed by atoms with Gasteiger partial charge in [-0.3, -0.25) is 14.5 Å². The van der Waals surface area contributed by atoms with Crippen molar-refractivity contribution in [2.75, 3.05) is 6.54 Å². The summed E-state index contributed by atoms with van der Waals surface area (Å²) in [5, 5.41) is 0. The fourth-order valence-electron chi connectivity index (χ4n) is 2.35. The summed E-state index contributed by atoms with van der Waals surface area (Å²) in [5.74, 6) is -0.200. The molecule has 4 nitrogen and oxygen atoms in total. The summed E-state index contributed by atoms with van der Waals surface area (Å²) < 4.78 is 0. The smallest absolute Gasteiger partial charge is 0.229 e. The number of hydrogen-bond donors (Lipinski definition) is 1. The molecule has 18 heavy (non-hydrogen) atoms. The average molecular weight is 246 g/mol. The van der Waals surface area contributed by atoms with Crippen LogP contribution in [-0.4, -0.2) is 23.3 Å². The van der Waals surface area contributed by atoms with Crippen molar-refractivity contribution in [1.82, 2.24) is 4.90 Å². The van der Waals surface area contributed by atoms with Gasteiger partial charge in [-0.15, -0.1) is 0 Å². The van der Waals surface area contributed by atoms with Crippen LogP contribution in [0, 0.1) is 0 Å². The van der Waals surface area contributed by atoms with Gasteiger partial charge in [0.15, 0.2) is 0 Å². The van der Waals surface area contributed by atoms with Crippen LogP contribution in [-0.2, 0) is 9.59 Å². The third-order valence-corrected chi connectivity index (χ3v) is 3.29. The molecule has 1 unspecified atom stereocenters. The molecule has 0 radical (unpaired) electrons. The van der Waals surface area contributed by atoms with Crippen molar-refractivity contribution in [3.05, 3.63) is 35.9 Å². The lowest BCUT2D eigenvalue weighted by Gasteiger charge is -2.28. The quantitative estimate of drug-likeness (QED) is 0.824. The predicted octanol–water partition coefficient (Wildman–Crippen LogP) is 1.62. The van der Waals surface area contributed by atoms with E-state index in [1.807, 2.05) is 30.3 Å². The van der Waals surface area contributed by atoms with E-state index in [0.29, 0.717) is 12.8 Å². The van der Waals surface area contributed by atoms with E-state index in [4.69, 9.17) is 5.73 Å². The monoisotopic (exact) mass is 246 g/mol. The van der Waals surface area contributed by atoms with Crippen LogP contribution >= 0.6 is 0 Å². The van der Waals surface area contributed by atoms with Gasteiger partial charge in [-0.1, -0.05) is 30.3 Å². The topological polar surface area (TPSA) is 63.4 Å². The molecule has 2 amide bonds. The van der Waals surface area contributed by atoms with Gasteiger partial charge in [0.25, 0.3) is 0 Å². The molecule has 1 heterocycles. The maximum Gasteiger partial charge on any atom is 0.229 e. The Bertz CT molecular complexity index is 413. The minimum absolute atomic E-state index is 0.100. The highest BCUT2D eigenvalue weighted by Gasteiger charge is 2.30. The van der Waals surface area contributed by atoms with Gasteiger partial charge in [0.05, 0.1) is 6.04 Å². The zero-order chi connectivity index (χ0) is 13.0. The van der Waals surface area contributed by atoms with Crippen LogP contribution in [0.15, 0.2) is 30.3 Å². The van der Waals surface area contributed by atoms with Gasteiger partial charge in [-0.25, -0.2) is 0 Å². The lowest BCUT2D eigenvalue weighted by Crippen LogP contribution is -2.41. The molecule has 0 aromatic heterocycles. The molecule has 1 fully saturated rings. The van der Waals surface area contributed by atoms with E-state index in [1.54, 1.807) is 0 Å². The first-order chi connectivity index (χ1) is 8.74. The van der Waals surface area contributed by atoms with Crippen molar-refractivity contribution in [3.8, 4) is 0 Å². The molecule has 1 aliphatic heterocycles. The molecule has 1 aromatic carbocycles. The number of rotatable bonds is 3. The van der Waals surface area contributed by atoms with Gasteiger partial charge in [0, 0.05) is 19.4 Å². The summed E-state index contributed by atoms with van der Waals surface area (Å²) in [4.78, 5) is 25.5. The van der Waals surface area contributed by atoms with Gasteiger partial charge in [-0.2, -0.15) is 0 Å². The second-order valence-corrected chi connectivity index (χ2v) is 4.53. The molecule has 0 bridgehead atoms. The number of benzene rings is 1. The average Bonchev–Trinajstić information content (AvgIpc) is 2.56. The molecule has 0 saturated carbocycles. The van der Waals surface area contributed by atoms with Crippen molar-refractivity contribution in [2.45, 2.75) is 31.7 Å². The Labute approximate surface area is 107 Å². The Morgan fingerprint density at radius 1 is 1.06 bits per heavy atom. The fourth-order valence-corrected chi connectivity index (χ4v) is 2.35. The summed E-state index contributed by atoms with van der Waals surface area (Å²) in [6, 6.07) is 9.18. The molecule has 1 atom stereocenters. The van der Waals surface area contributed by atoms with Crippen LogP contribution in [0.5, 0.6) is 0 Å². The third-order valence-electron chi connectivity index (χ3n) is 3.29. The van der Waals surface area contributed by atoms with Crippen molar-refractivity contribution in [1.29, 1.82) is 0 Å². The molecule has 2 rings (SSSR count). The van der Waals surface area contributed by atoms with E-state index in [-0.39, 0.29) is 24.4 Å². The first kappa shape index (κ1) is 12.8. The Kier molecular flexibility index (Phi) is 4.10. The lowest BCUT2D eigenvalue weighted by atomic mass is 10.0. The predicted molar refractivity (Wildman–Crippen MR) is 68.6 cm³/mol. The first-order valence-electron chi connectivity index (χ1n) is 6.34. The molecular formula is C14H18N2O2. The number of imide groups is 1. The maximum atomic E-state index is 12.0. The zero-order valence-corrected chi connectivity index (χ0v) is 10.3. The molecule has 96 valence electrons. The second-order valence-electron chi connectivity index (χ2n) is 4.53. The summed E-state index contributed by atoms with van der Waals surface area (Å²) in [7, 11) is 0. The molecule has 0 spiro atoms. The molecule has 1 aromatic rings. The largest absolute Gasteiger partial charge is 0.328 e. The summed E-state index contributed by atoms with van der Waals surface area (Å²) in [5.41, 5.74) is 6.68. The van der Waals surface area contributed by atoms with Crippen molar-refractivity contribution < 1.29 is 9.59 Å². The highest BCUT2D eigenvalue weighted by molar-refractivity contribution is 5.96. The Morgan fingerprint density at radius 2 is 1.61 bits per heavy atom.